The Morgan fingerprint density at radius 2 is 1.70 bits per heavy atom. The number of halogens is 2. The summed E-state index contributed by atoms with van der Waals surface area (Å²) >= 11 is 11.8. The lowest BCUT2D eigenvalue weighted by atomic mass is 10.0. The molecule has 0 aliphatic rings. The number of aliphatic carboxylic acids is 1. The third kappa shape index (κ3) is 4.59. The minimum absolute atomic E-state index is 0.274. The van der Waals surface area contributed by atoms with Crippen LogP contribution in [0.15, 0.2) is 42.5 Å². The number of carbonyl (C=O) groups is 1. The van der Waals surface area contributed by atoms with Gasteiger partial charge >= 0.3 is 5.97 Å². The molecular formula is C16H14Cl2O5. The Labute approximate surface area is 142 Å². The molecule has 5 nitrogen and oxygen atoms in total. The van der Waals surface area contributed by atoms with Crippen molar-refractivity contribution in [3.05, 3.63) is 63.6 Å². The van der Waals surface area contributed by atoms with Crippen LogP contribution in [0.3, 0.4) is 0 Å². The molecule has 0 heterocycles. The molecule has 7 heteroatoms. The molecule has 0 fully saturated rings. The fourth-order valence-electron chi connectivity index (χ4n) is 1.87. The van der Waals surface area contributed by atoms with Crippen molar-refractivity contribution in [3.8, 4) is 5.75 Å². The van der Waals surface area contributed by atoms with Gasteiger partial charge in [-0.25, -0.2) is 4.79 Å². The average molecular weight is 357 g/mol. The zero-order chi connectivity index (χ0) is 17.0. The number of aliphatic hydroxyl groups is 2. The molecule has 2 rings (SSSR count). The Kier molecular flexibility index (Phi) is 5.85. The topological polar surface area (TPSA) is 87.0 Å². The van der Waals surface area contributed by atoms with Crippen LogP contribution in [0.25, 0.3) is 0 Å². The summed E-state index contributed by atoms with van der Waals surface area (Å²) < 4.78 is 5.57. The highest BCUT2D eigenvalue weighted by Gasteiger charge is 2.24. The van der Waals surface area contributed by atoms with Gasteiger partial charge in [0.15, 0.2) is 6.10 Å². The van der Waals surface area contributed by atoms with Crippen LogP contribution in [0.2, 0.25) is 10.0 Å². The van der Waals surface area contributed by atoms with E-state index in [9.17, 15) is 15.0 Å². The van der Waals surface area contributed by atoms with Crippen LogP contribution < -0.4 is 4.74 Å². The van der Waals surface area contributed by atoms with Crippen LogP contribution in [0.5, 0.6) is 5.75 Å². The highest BCUT2D eigenvalue weighted by molar-refractivity contribution is 6.42. The lowest BCUT2D eigenvalue weighted by molar-refractivity contribution is -0.153. The molecular weight excluding hydrogens is 343 g/mol. The molecule has 23 heavy (non-hydrogen) atoms. The minimum atomic E-state index is -1.88. The molecule has 3 N–H and O–H groups in total. The summed E-state index contributed by atoms with van der Waals surface area (Å²) in [5, 5.41) is 28.6. The first-order valence-electron chi connectivity index (χ1n) is 6.64. The molecule has 0 aromatic heterocycles. The van der Waals surface area contributed by atoms with E-state index in [1.807, 2.05) is 0 Å². The quantitative estimate of drug-likeness (QED) is 0.740. The van der Waals surface area contributed by atoms with E-state index in [0.717, 1.165) is 5.56 Å². The summed E-state index contributed by atoms with van der Waals surface area (Å²) in [6.07, 6.45) is -3.38. The van der Waals surface area contributed by atoms with E-state index >= 15 is 0 Å². The predicted octanol–water partition coefficient (Wildman–Crippen LogP) is 3.05. The summed E-state index contributed by atoms with van der Waals surface area (Å²) in [5.41, 5.74) is 1.12. The molecule has 0 saturated heterocycles. The number of benzene rings is 2. The molecule has 0 radical (unpaired) electrons. The van der Waals surface area contributed by atoms with Gasteiger partial charge in [0.1, 0.15) is 18.5 Å². The monoisotopic (exact) mass is 356 g/mol. The number of hydrogen-bond donors (Lipinski definition) is 3. The van der Waals surface area contributed by atoms with E-state index < -0.39 is 18.2 Å². The van der Waals surface area contributed by atoms with Crippen LogP contribution in [-0.4, -0.2) is 27.4 Å². The standard InChI is InChI=1S/C16H14Cl2O5/c17-12-6-1-9(7-13(12)18)8-23-11-4-2-10(3-5-11)14(19)15(20)16(21)22/h1-7,14-15,19-20H,8H2,(H,21,22). The van der Waals surface area contributed by atoms with Gasteiger partial charge in [-0.2, -0.15) is 0 Å². The molecule has 2 aromatic carbocycles. The maximum atomic E-state index is 10.6. The Hall–Kier alpha value is -1.79. The molecule has 0 saturated carbocycles. The van der Waals surface area contributed by atoms with Gasteiger partial charge in [0.2, 0.25) is 0 Å². The number of carboxylic acid groups (broad SMARTS) is 1. The van der Waals surface area contributed by atoms with E-state index in [2.05, 4.69) is 0 Å². The van der Waals surface area contributed by atoms with Crippen molar-refractivity contribution in [1.29, 1.82) is 0 Å². The van der Waals surface area contributed by atoms with E-state index in [1.54, 1.807) is 30.3 Å². The van der Waals surface area contributed by atoms with Crippen LogP contribution in [-0.2, 0) is 11.4 Å². The molecule has 2 aromatic rings. The Morgan fingerprint density at radius 3 is 2.26 bits per heavy atom. The molecule has 0 aliphatic heterocycles. The first-order chi connectivity index (χ1) is 10.9. The Bertz CT molecular complexity index is 687. The van der Waals surface area contributed by atoms with Gasteiger partial charge < -0.3 is 20.1 Å². The van der Waals surface area contributed by atoms with Gasteiger partial charge in [-0.15, -0.1) is 0 Å². The van der Waals surface area contributed by atoms with Crippen molar-refractivity contribution in [1.82, 2.24) is 0 Å². The number of rotatable bonds is 6. The molecule has 0 bridgehead atoms. The smallest absolute Gasteiger partial charge is 0.335 e. The third-order valence-electron chi connectivity index (χ3n) is 3.16. The van der Waals surface area contributed by atoms with Crippen molar-refractivity contribution >= 4 is 29.2 Å². The Balaban J connectivity index is 1.99. The molecule has 0 amide bonds. The number of carboxylic acids is 1. The fourth-order valence-corrected chi connectivity index (χ4v) is 2.20. The van der Waals surface area contributed by atoms with Crippen molar-refractivity contribution in [2.45, 2.75) is 18.8 Å². The Morgan fingerprint density at radius 1 is 1.04 bits per heavy atom. The fraction of sp³-hybridized carbons (Fsp3) is 0.188. The van der Waals surface area contributed by atoms with E-state index in [0.29, 0.717) is 15.8 Å². The maximum absolute atomic E-state index is 10.6. The molecule has 0 aliphatic carbocycles. The number of hydrogen-bond acceptors (Lipinski definition) is 4. The highest BCUT2D eigenvalue weighted by atomic mass is 35.5. The van der Waals surface area contributed by atoms with Crippen LogP contribution in [0, 0.1) is 0 Å². The van der Waals surface area contributed by atoms with E-state index in [1.165, 1.54) is 12.1 Å². The molecule has 122 valence electrons. The van der Waals surface area contributed by atoms with Gasteiger partial charge in [-0.05, 0) is 35.4 Å². The molecule has 2 unspecified atom stereocenters. The average Bonchev–Trinajstić information content (AvgIpc) is 2.55. The van der Waals surface area contributed by atoms with Crippen LogP contribution in [0.1, 0.15) is 17.2 Å². The van der Waals surface area contributed by atoms with Gasteiger partial charge in [-0.1, -0.05) is 41.4 Å². The summed E-state index contributed by atoms with van der Waals surface area (Å²) in [6, 6.07) is 11.3. The zero-order valence-electron chi connectivity index (χ0n) is 11.8. The van der Waals surface area contributed by atoms with Gasteiger partial charge in [0, 0.05) is 0 Å². The molecule has 2 atom stereocenters. The third-order valence-corrected chi connectivity index (χ3v) is 3.90. The van der Waals surface area contributed by atoms with Gasteiger partial charge in [-0.3, -0.25) is 0 Å². The highest BCUT2D eigenvalue weighted by Crippen LogP contribution is 2.24. The largest absolute Gasteiger partial charge is 0.489 e. The first-order valence-corrected chi connectivity index (χ1v) is 7.39. The zero-order valence-corrected chi connectivity index (χ0v) is 13.3. The maximum Gasteiger partial charge on any atom is 0.335 e. The summed E-state index contributed by atoms with van der Waals surface area (Å²) in [7, 11) is 0. The van der Waals surface area contributed by atoms with Crippen LogP contribution >= 0.6 is 23.2 Å². The SMILES string of the molecule is O=C(O)C(O)C(O)c1ccc(OCc2ccc(Cl)c(Cl)c2)cc1. The summed E-state index contributed by atoms with van der Waals surface area (Å²) in [6.45, 7) is 0.274. The van der Waals surface area contributed by atoms with Crippen molar-refractivity contribution < 1.29 is 24.9 Å². The normalized spacial score (nSPS) is 13.4. The van der Waals surface area contributed by atoms with Crippen molar-refractivity contribution in [2.24, 2.45) is 0 Å². The summed E-state index contributed by atoms with van der Waals surface area (Å²) in [4.78, 5) is 10.6. The molecule has 0 spiro atoms. The second kappa shape index (κ2) is 7.66. The van der Waals surface area contributed by atoms with Crippen molar-refractivity contribution in [2.75, 3.05) is 0 Å². The van der Waals surface area contributed by atoms with Crippen molar-refractivity contribution in [3.63, 3.8) is 0 Å². The second-order valence-corrected chi connectivity index (χ2v) is 5.65. The first kappa shape index (κ1) is 17.6. The number of ether oxygens (including phenoxy) is 1. The lowest BCUT2D eigenvalue weighted by Crippen LogP contribution is -2.27. The van der Waals surface area contributed by atoms with Gasteiger partial charge in [0.25, 0.3) is 0 Å². The summed E-state index contributed by atoms with van der Waals surface area (Å²) in [5.74, 6) is -0.964. The van der Waals surface area contributed by atoms with E-state index in [-0.39, 0.29) is 12.2 Å². The van der Waals surface area contributed by atoms with Crippen LogP contribution in [0.4, 0.5) is 0 Å². The minimum Gasteiger partial charge on any atom is -0.489 e. The predicted molar refractivity (Wildman–Crippen MR) is 85.8 cm³/mol. The number of aliphatic hydroxyl groups excluding tert-OH is 2. The lowest BCUT2D eigenvalue weighted by Gasteiger charge is -2.15. The second-order valence-electron chi connectivity index (χ2n) is 4.83. The van der Waals surface area contributed by atoms with E-state index in [4.69, 9.17) is 33.0 Å². The van der Waals surface area contributed by atoms with Gasteiger partial charge in [0.05, 0.1) is 10.0 Å².